The molecule has 20 N–H and O–H groups in total. The van der Waals surface area contributed by atoms with Gasteiger partial charge in [-0.05, 0) is 66.8 Å². The zero-order chi connectivity index (χ0) is 72.1. The SMILES string of the molecule is C[C@@H](NC(=O)[C@@H](N)Cc1ccc(O)cc1)C(=O)NCC(=O)N(C)[C@@H](Cc1ccccc1)C(=O)N[C@@H](COP(=O)(O)O)C(N)=O.C[C@@H](NC(=O)[C@@H]([NH3+])Cc1ccc(O)cc1)C(=O)NCC(=O)N(C)[C@@H](Cc1ccccc1)C(=O)N[C@@H](COP(C)(=O)O)C(N)=O.O=C([O-])C(F)(F)F. The largest absolute Gasteiger partial charge is 0.542 e. The van der Waals surface area contributed by atoms with E-state index in [9.17, 15) is 85.4 Å². The lowest BCUT2D eigenvalue weighted by Gasteiger charge is -2.29. The molecule has 0 bridgehead atoms. The lowest BCUT2D eigenvalue weighted by atomic mass is 10.0. The zero-order valence-electron chi connectivity index (χ0n) is 51.8. The maximum absolute atomic E-state index is 13.3. The fourth-order valence-corrected chi connectivity index (χ4v) is 8.56. The molecule has 33 nitrogen and oxygen atoms in total. The summed E-state index contributed by atoms with van der Waals surface area (Å²) in [5.41, 5.74) is 23.1. The minimum Gasteiger partial charge on any atom is -0.542 e. The Morgan fingerprint density at radius 2 is 0.884 bits per heavy atom. The lowest BCUT2D eigenvalue weighted by Crippen LogP contribution is -2.69. The van der Waals surface area contributed by atoms with Gasteiger partial charge in [0.1, 0.15) is 53.7 Å². The lowest BCUT2D eigenvalue weighted by molar-refractivity contribution is -0.403. The van der Waals surface area contributed by atoms with E-state index >= 15 is 0 Å². The molecule has 0 aliphatic carbocycles. The maximum atomic E-state index is 13.3. The number of aromatic hydroxyl groups is 2. The molecule has 0 aliphatic heterocycles. The van der Waals surface area contributed by atoms with E-state index in [1.54, 1.807) is 84.9 Å². The van der Waals surface area contributed by atoms with Crippen LogP contribution in [0.2, 0.25) is 0 Å². The minimum absolute atomic E-state index is 0.0276. The first-order valence-corrected chi connectivity index (χ1v) is 31.7. The number of nitrogens with two attached hydrogens (primary N) is 3. The number of phosphoric ester groups is 1. The number of aliphatic carboxylic acids is 1. The number of phenols is 2. The molecule has 0 spiro atoms. The van der Waals surface area contributed by atoms with Crippen molar-refractivity contribution < 1.29 is 120 Å². The molecule has 4 rings (SSSR count). The topological polar surface area (TPSA) is 549 Å². The van der Waals surface area contributed by atoms with Gasteiger partial charge in [0.05, 0.1) is 32.3 Å². The normalized spacial score (nSPS) is 14.2. The van der Waals surface area contributed by atoms with Crippen LogP contribution in [-0.4, -0.2) is 201 Å². The number of likely N-dealkylation sites (N-methyl/N-ethyl adjacent to an activating group) is 2. The molecule has 0 heterocycles. The number of carbonyl (C=O) groups excluding carboxylic acids is 11. The van der Waals surface area contributed by atoms with Gasteiger partial charge in [0.15, 0.2) is 6.04 Å². The van der Waals surface area contributed by atoms with E-state index in [1.165, 1.54) is 52.2 Å². The number of hydrogen-bond donors (Lipinski definition) is 15. The van der Waals surface area contributed by atoms with Crippen LogP contribution in [0.4, 0.5) is 13.2 Å². The van der Waals surface area contributed by atoms with Gasteiger partial charge in [-0.2, -0.15) is 13.2 Å². The van der Waals surface area contributed by atoms with Crippen LogP contribution < -0.4 is 59.9 Å². The molecule has 0 fully saturated rings. The molecule has 522 valence electrons. The van der Waals surface area contributed by atoms with E-state index in [0.29, 0.717) is 16.7 Å². The first-order chi connectivity index (χ1) is 44.1. The molecule has 4 aromatic rings. The predicted molar refractivity (Wildman–Crippen MR) is 326 cm³/mol. The van der Waals surface area contributed by atoms with E-state index in [-0.39, 0.29) is 37.2 Å². The Bertz CT molecular complexity index is 3150. The summed E-state index contributed by atoms with van der Waals surface area (Å²) in [5.74, 6) is -10.5. The average Bonchev–Trinajstić information content (AvgIpc) is 0.904. The summed E-state index contributed by atoms with van der Waals surface area (Å²) >= 11 is 0. The van der Waals surface area contributed by atoms with Crippen LogP contribution >= 0.6 is 15.4 Å². The minimum atomic E-state index is -5.19. The van der Waals surface area contributed by atoms with Crippen molar-refractivity contribution in [2.75, 3.05) is 47.1 Å². The first-order valence-electron chi connectivity index (χ1n) is 28.1. The number of phenolic OH excluding ortho intramolecular Hbond substituents is 2. The fourth-order valence-electron chi connectivity index (χ4n) is 7.80. The Hall–Kier alpha value is -9.38. The summed E-state index contributed by atoms with van der Waals surface area (Å²) in [7, 11) is -6.32. The van der Waals surface area contributed by atoms with E-state index in [2.05, 4.69) is 42.2 Å². The van der Waals surface area contributed by atoms with Crippen molar-refractivity contribution in [3.63, 3.8) is 0 Å². The highest BCUT2D eigenvalue weighted by molar-refractivity contribution is 7.51. The number of benzene rings is 4. The third kappa shape index (κ3) is 31.9. The Labute approximate surface area is 541 Å². The van der Waals surface area contributed by atoms with Crippen molar-refractivity contribution in [3.8, 4) is 11.5 Å². The van der Waals surface area contributed by atoms with Crippen molar-refractivity contribution in [3.05, 3.63) is 131 Å². The second-order valence-electron chi connectivity index (χ2n) is 21.0. The van der Waals surface area contributed by atoms with Gasteiger partial charge in [0, 0.05) is 40.0 Å². The summed E-state index contributed by atoms with van der Waals surface area (Å²) in [6.07, 6.45) is -4.77. The number of carbonyl (C=O) groups is 11. The van der Waals surface area contributed by atoms with Crippen LogP contribution in [-0.2, 0) is 96.6 Å². The van der Waals surface area contributed by atoms with Gasteiger partial charge in [-0.25, -0.2) is 4.57 Å². The molecule has 0 radical (unpaired) electrons. The number of nitrogens with zero attached hydrogens (tertiary/aromatic N) is 2. The van der Waals surface area contributed by atoms with Crippen molar-refractivity contribution in [1.82, 2.24) is 41.7 Å². The van der Waals surface area contributed by atoms with Crippen molar-refractivity contribution in [1.29, 1.82) is 0 Å². The number of carboxylic acid groups (broad SMARTS) is 1. The maximum Gasteiger partial charge on any atom is 0.469 e. The highest BCUT2D eigenvalue weighted by Crippen LogP contribution is 2.37. The molecule has 1 unspecified atom stereocenters. The number of primary amides is 2. The van der Waals surface area contributed by atoms with Gasteiger partial charge < -0.3 is 104 Å². The Morgan fingerprint density at radius 3 is 1.22 bits per heavy atom. The van der Waals surface area contributed by atoms with Crippen molar-refractivity contribution in [2.45, 2.75) is 94.0 Å². The van der Waals surface area contributed by atoms with Gasteiger partial charge in [-0.15, -0.1) is 0 Å². The third-order valence-electron chi connectivity index (χ3n) is 13.2. The number of alkyl halides is 3. The average molecular weight is 1390 g/mol. The van der Waals surface area contributed by atoms with E-state index in [1.807, 2.05) is 0 Å². The second kappa shape index (κ2) is 38.7. The molecule has 0 saturated heterocycles. The quantitative estimate of drug-likeness (QED) is 0.0205. The van der Waals surface area contributed by atoms with Gasteiger partial charge in [-0.3, -0.25) is 57.0 Å². The number of nitrogens with one attached hydrogen (secondary N) is 6. The van der Waals surface area contributed by atoms with Crippen LogP contribution in [0.15, 0.2) is 109 Å². The molecular formula is C57H77F3N12O21P2. The highest BCUT2D eigenvalue weighted by atomic mass is 31.2. The molecule has 0 aliphatic rings. The number of halogens is 3. The summed E-state index contributed by atoms with van der Waals surface area (Å²) in [5, 5.41) is 42.0. The van der Waals surface area contributed by atoms with Crippen molar-refractivity contribution in [2.24, 2.45) is 17.2 Å². The number of amides is 10. The van der Waals surface area contributed by atoms with Gasteiger partial charge in [-0.1, -0.05) is 84.9 Å². The fraction of sp³-hybridized carbons (Fsp3) is 0.386. The van der Waals surface area contributed by atoms with Gasteiger partial charge >= 0.3 is 21.6 Å². The molecule has 0 aromatic heterocycles. The monoisotopic (exact) mass is 1380 g/mol. The zero-order valence-corrected chi connectivity index (χ0v) is 53.6. The van der Waals surface area contributed by atoms with E-state index in [0.717, 1.165) is 22.0 Å². The number of carboxylic acids is 1. The Balaban J connectivity index is 0.000000587. The number of hydrogen-bond acceptors (Lipinski definition) is 19. The third-order valence-corrected chi connectivity index (χ3v) is 14.3. The van der Waals surface area contributed by atoms with Crippen LogP contribution in [0, 0.1) is 0 Å². The van der Waals surface area contributed by atoms with Gasteiger partial charge in [0.25, 0.3) is 5.91 Å². The number of rotatable bonds is 32. The van der Waals surface area contributed by atoms with Crippen LogP contribution in [0.3, 0.4) is 0 Å². The Kier molecular flexibility index (Phi) is 33.3. The van der Waals surface area contributed by atoms with E-state index < -0.39 is 161 Å². The molecule has 0 saturated carbocycles. The molecule has 9 atom stereocenters. The highest BCUT2D eigenvalue weighted by Gasteiger charge is 2.35. The van der Waals surface area contributed by atoms with Crippen molar-refractivity contribution >= 4 is 80.5 Å². The van der Waals surface area contributed by atoms with Crippen LogP contribution in [0.1, 0.15) is 36.1 Å². The smallest absolute Gasteiger partial charge is 0.469 e. The van der Waals surface area contributed by atoms with Crippen LogP contribution in [0.5, 0.6) is 11.5 Å². The summed E-state index contributed by atoms with van der Waals surface area (Å²) < 4.78 is 63.1. The van der Waals surface area contributed by atoms with Gasteiger partial charge in [0.2, 0.25) is 53.2 Å². The predicted octanol–water partition coefficient (Wildman–Crippen LogP) is -4.63. The molecule has 95 heavy (non-hydrogen) atoms. The second-order valence-corrected chi connectivity index (χ2v) is 24.1. The van der Waals surface area contributed by atoms with E-state index in [4.69, 9.17) is 41.4 Å². The molecular weight excluding hydrogens is 1310 g/mol. The molecule has 10 amide bonds. The number of quaternary nitrogens is 1. The standard InChI is InChI=1S/C28H39N6O9P.C27H37N6O10P.C2HF3O2/c1-17(32-27(39)21(29)13-19-9-11-20(35)12-10-19)26(38)31-15-24(36)34(2)23(14-18-7-5-4-6-8-18)28(40)33-22(25(30)37)16-43-44(3,41)42;1-16(31-26(38)20(28)12-18-8-10-19(34)11-9-18)25(37)30-14-23(35)33(2)22(13-17-6-4-3-5-7-17)27(39)32-21(24(29)36)15-43-44(40,41)42;3-2(4,5)1(6)7/h4-12,17,21-23,35H,13-16,29H2,1-3H3,(H2,30,37)(H,31,38)(H,32,39)(H,33,40)(H,41,42);3-11,16,20-22,34H,12-15,28H2,1-2H3,(H2,29,36)(H,30,37)(H,31,38)(H,32,39)(H2,40,41,42);(H,6,7)/t17-,21+,22+,23+;16-,20+,21+,22+;/m11./s1. The van der Waals surface area contributed by atoms with Crippen LogP contribution in [0.25, 0.3) is 0 Å². The summed E-state index contributed by atoms with van der Waals surface area (Å²) in [4.78, 5) is 165. The first kappa shape index (κ1) is 81.7. The molecule has 38 heteroatoms. The summed E-state index contributed by atoms with van der Waals surface area (Å²) in [6.45, 7) is 1.09. The number of phosphoric acid groups is 1. The summed E-state index contributed by atoms with van der Waals surface area (Å²) in [6, 6.07) is 20.4. The molecule has 4 aromatic carbocycles. The Morgan fingerprint density at radius 1 is 0.547 bits per heavy atom.